The van der Waals surface area contributed by atoms with Crippen molar-refractivity contribution in [3.63, 3.8) is 0 Å². The van der Waals surface area contributed by atoms with Gasteiger partial charge in [0.05, 0.1) is 18.6 Å². The molecular formula is C10H15NO4S. The Morgan fingerprint density at radius 3 is 2.62 bits per heavy atom. The maximum absolute atomic E-state index is 11.7. The Kier molecular flexibility index (Phi) is 4.28. The zero-order chi connectivity index (χ0) is 12.2. The molecule has 0 aromatic heterocycles. The lowest BCUT2D eigenvalue weighted by Gasteiger charge is -2.09. The highest BCUT2D eigenvalue weighted by molar-refractivity contribution is 7.89. The van der Waals surface area contributed by atoms with E-state index in [1.165, 1.54) is 13.2 Å². The van der Waals surface area contributed by atoms with Crippen LogP contribution in [0.25, 0.3) is 0 Å². The lowest BCUT2D eigenvalue weighted by Crippen LogP contribution is -2.27. The van der Waals surface area contributed by atoms with Crippen molar-refractivity contribution >= 4 is 10.0 Å². The minimum Gasteiger partial charge on any atom is -0.497 e. The molecule has 90 valence electrons. The molecule has 0 heterocycles. The Morgan fingerprint density at radius 1 is 1.44 bits per heavy atom. The zero-order valence-corrected chi connectivity index (χ0v) is 10.0. The van der Waals surface area contributed by atoms with Gasteiger partial charge in [-0.15, -0.1) is 0 Å². The Labute approximate surface area is 95.1 Å². The molecule has 6 heteroatoms. The Morgan fingerprint density at radius 2 is 2.12 bits per heavy atom. The van der Waals surface area contributed by atoms with Crippen LogP contribution in [0.2, 0.25) is 0 Å². The van der Waals surface area contributed by atoms with Gasteiger partial charge in [0.25, 0.3) is 0 Å². The summed E-state index contributed by atoms with van der Waals surface area (Å²) in [4.78, 5) is 0.196. The van der Waals surface area contributed by atoms with Gasteiger partial charge in [-0.25, -0.2) is 13.1 Å². The molecule has 0 radical (unpaired) electrons. The molecule has 0 saturated carbocycles. The molecule has 1 aromatic rings. The van der Waals surface area contributed by atoms with Crippen LogP contribution in [0, 0.1) is 6.92 Å². The summed E-state index contributed by atoms with van der Waals surface area (Å²) in [5.41, 5.74) is 0.602. The molecule has 0 aliphatic carbocycles. The van der Waals surface area contributed by atoms with Crippen LogP contribution in [-0.2, 0) is 10.0 Å². The number of hydrogen-bond acceptors (Lipinski definition) is 4. The maximum atomic E-state index is 11.7. The molecule has 0 atom stereocenters. The van der Waals surface area contributed by atoms with Crippen LogP contribution in [0.15, 0.2) is 23.1 Å². The molecular weight excluding hydrogens is 230 g/mol. The van der Waals surface area contributed by atoms with Crippen LogP contribution in [0.4, 0.5) is 0 Å². The fourth-order valence-corrected chi connectivity index (χ4v) is 2.55. The van der Waals surface area contributed by atoms with E-state index in [0.717, 1.165) is 0 Å². The third kappa shape index (κ3) is 2.94. The molecule has 2 N–H and O–H groups in total. The standard InChI is InChI=1S/C10H15NO4S/c1-8-7-9(15-2)3-4-10(8)16(13,14)11-5-6-12/h3-4,7,11-12H,5-6H2,1-2H3. The number of benzene rings is 1. The number of aliphatic hydroxyl groups is 1. The van der Waals surface area contributed by atoms with Crippen LogP contribution < -0.4 is 9.46 Å². The van der Waals surface area contributed by atoms with Gasteiger partial charge in [-0.05, 0) is 30.7 Å². The minimum atomic E-state index is -3.54. The summed E-state index contributed by atoms with van der Waals surface area (Å²) in [6.45, 7) is 1.47. The number of rotatable bonds is 5. The molecule has 0 aliphatic rings. The summed E-state index contributed by atoms with van der Waals surface area (Å²) < 4.78 is 30.8. The summed E-state index contributed by atoms with van der Waals surface area (Å²) in [5, 5.41) is 8.58. The highest BCUT2D eigenvalue weighted by Gasteiger charge is 2.16. The molecule has 0 aliphatic heterocycles. The summed E-state index contributed by atoms with van der Waals surface area (Å²) in [5.74, 6) is 0.610. The number of aliphatic hydroxyl groups excluding tert-OH is 1. The lowest BCUT2D eigenvalue weighted by atomic mass is 10.2. The quantitative estimate of drug-likeness (QED) is 0.781. The van der Waals surface area contributed by atoms with Gasteiger partial charge in [-0.2, -0.15) is 0 Å². The van der Waals surface area contributed by atoms with Crippen molar-refractivity contribution < 1.29 is 18.3 Å². The van der Waals surface area contributed by atoms with E-state index in [9.17, 15) is 8.42 Å². The Bertz CT molecular complexity index is 456. The van der Waals surface area contributed by atoms with Gasteiger partial charge >= 0.3 is 0 Å². The monoisotopic (exact) mass is 245 g/mol. The smallest absolute Gasteiger partial charge is 0.240 e. The minimum absolute atomic E-state index is 0.00774. The van der Waals surface area contributed by atoms with Crippen LogP contribution in [0.3, 0.4) is 0 Å². The number of hydrogen-bond donors (Lipinski definition) is 2. The predicted molar refractivity (Wildman–Crippen MR) is 60.0 cm³/mol. The van der Waals surface area contributed by atoms with E-state index in [-0.39, 0.29) is 18.0 Å². The van der Waals surface area contributed by atoms with Crippen LogP contribution in [0.1, 0.15) is 5.56 Å². The number of ether oxygens (including phenoxy) is 1. The summed E-state index contributed by atoms with van der Waals surface area (Å²) >= 11 is 0. The van der Waals surface area contributed by atoms with E-state index in [0.29, 0.717) is 11.3 Å². The molecule has 1 aromatic carbocycles. The molecule has 1 rings (SSSR count). The van der Waals surface area contributed by atoms with Crippen molar-refractivity contribution in [2.45, 2.75) is 11.8 Å². The summed E-state index contributed by atoms with van der Waals surface area (Å²) in [7, 11) is -2.02. The van der Waals surface area contributed by atoms with E-state index in [1.807, 2.05) is 0 Å². The SMILES string of the molecule is COc1ccc(S(=O)(=O)NCCO)c(C)c1. The largest absolute Gasteiger partial charge is 0.497 e. The highest BCUT2D eigenvalue weighted by atomic mass is 32.2. The van der Waals surface area contributed by atoms with Crippen molar-refractivity contribution in [3.8, 4) is 5.75 Å². The normalized spacial score (nSPS) is 11.4. The first-order valence-corrected chi connectivity index (χ1v) is 6.24. The maximum Gasteiger partial charge on any atom is 0.240 e. The molecule has 0 spiro atoms. The van der Waals surface area contributed by atoms with Gasteiger partial charge in [0, 0.05) is 6.54 Å². The van der Waals surface area contributed by atoms with Gasteiger partial charge in [0.1, 0.15) is 5.75 Å². The van der Waals surface area contributed by atoms with Crippen molar-refractivity contribution in [2.75, 3.05) is 20.3 Å². The number of methoxy groups -OCH3 is 1. The van der Waals surface area contributed by atoms with Gasteiger partial charge in [0.15, 0.2) is 0 Å². The van der Waals surface area contributed by atoms with Gasteiger partial charge in [0.2, 0.25) is 10.0 Å². The van der Waals surface area contributed by atoms with Crippen LogP contribution >= 0.6 is 0 Å². The number of nitrogens with one attached hydrogen (secondary N) is 1. The van der Waals surface area contributed by atoms with Crippen molar-refractivity contribution in [1.82, 2.24) is 4.72 Å². The molecule has 5 nitrogen and oxygen atoms in total. The van der Waals surface area contributed by atoms with Gasteiger partial charge in [-0.3, -0.25) is 0 Å². The van der Waals surface area contributed by atoms with Crippen LogP contribution in [0.5, 0.6) is 5.75 Å². The molecule has 0 amide bonds. The fraction of sp³-hybridized carbons (Fsp3) is 0.400. The van der Waals surface area contributed by atoms with E-state index in [1.54, 1.807) is 19.1 Å². The van der Waals surface area contributed by atoms with E-state index < -0.39 is 10.0 Å². The topological polar surface area (TPSA) is 75.6 Å². The lowest BCUT2D eigenvalue weighted by molar-refractivity contribution is 0.301. The van der Waals surface area contributed by atoms with E-state index in [4.69, 9.17) is 9.84 Å². The Balaban J connectivity index is 3.04. The van der Waals surface area contributed by atoms with Gasteiger partial charge < -0.3 is 9.84 Å². The molecule has 0 saturated heterocycles. The number of aryl methyl sites for hydroxylation is 1. The third-order valence-electron chi connectivity index (χ3n) is 2.08. The molecule has 16 heavy (non-hydrogen) atoms. The average Bonchev–Trinajstić information content (AvgIpc) is 2.25. The first-order chi connectivity index (χ1) is 7.51. The van der Waals surface area contributed by atoms with Crippen molar-refractivity contribution in [2.24, 2.45) is 0 Å². The summed E-state index contributed by atoms with van der Waals surface area (Å²) in [6, 6.07) is 4.71. The number of sulfonamides is 1. The van der Waals surface area contributed by atoms with E-state index >= 15 is 0 Å². The first kappa shape index (κ1) is 13.0. The highest BCUT2D eigenvalue weighted by Crippen LogP contribution is 2.20. The molecule has 0 bridgehead atoms. The first-order valence-electron chi connectivity index (χ1n) is 4.76. The second-order valence-electron chi connectivity index (χ2n) is 3.25. The second kappa shape index (κ2) is 5.29. The fourth-order valence-electron chi connectivity index (χ4n) is 1.31. The zero-order valence-electron chi connectivity index (χ0n) is 9.23. The van der Waals surface area contributed by atoms with E-state index in [2.05, 4.69) is 4.72 Å². The van der Waals surface area contributed by atoms with Crippen molar-refractivity contribution in [1.29, 1.82) is 0 Å². The second-order valence-corrected chi connectivity index (χ2v) is 4.99. The van der Waals surface area contributed by atoms with Gasteiger partial charge in [-0.1, -0.05) is 0 Å². The third-order valence-corrected chi connectivity index (χ3v) is 3.70. The van der Waals surface area contributed by atoms with Crippen LogP contribution in [-0.4, -0.2) is 33.8 Å². The molecule has 0 unspecified atom stereocenters. The Hall–Kier alpha value is -1.11. The molecule has 0 fully saturated rings. The predicted octanol–water partition coefficient (Wildman–Crippen LogP) is 0.274. The van der Waals surface area contributed by atoms with Crippen molar-refractivity contribution in [3.05, 3.63) is 23.8 Å². The summed E-state index contributed by atoms with van der Waals surface area (Å²) in [6.07, 6.45) is 0. The average molecular weight is 245 g/mol.